The highest BCUT2D eigenvalue weighted by Gasteiger charge is 2.49. The minimum Gasteiger partial charge on any atom is -0.464 e. The maximum absolute atomic E-state index is 13.9. The Morgan fingerprint density at radius 3 is 2.29 bits per heavy atom. The molecular weight excluding hydrogens is 569 g/mol. The molecule has 0 unspecified atom stereocenters. The number of furan rings is 1. The summed E-state index contributed by atoms with van der Waals surface area (Å²) in [5, 5.41) is 10.4. The number of ether oxygens (including phenoxy) is 1. The maximum Gasteiger partial charge on any atom is 0.328 e. The third kappa shape index (κ3) is 6.92. The van der Waals surface area contributed by atoms with Gasteiger partial charge >= 0.3 is 5.97 Å². The molecule has 1 saturated carbocycles. The quantitative estimate of drug-likeness (QED) is 0.157. The summed E-state index contributed by atoms with van der Waals surface area (Å²) >= 11 is 12.3. The third-order valence-corrected chi connectivity index (χ3v) is 7.63. The number of nitrogens with zero attached hydrogens (tertiary/aromatic N) is 1. The van der Waals surface area contributed by atoms with Gasteiger partial charge in [-0.05, 0) is 61.7 Å². The molecule has 1 fully saturated rings. The van der Waals surface area contributed by atoms with E-state index in [0.717, 1.165) is 18.4 Å². The monoisotopic (exact) mass is 599 g/mol. The minimum atomic E-state index is -1.02. The topological polar surface area (TPSA) is 119 Å². The molecule has 1 atom stereocenters. The van der Waals surface area contributed by atoms with Gasteiger partial charge in [0.05, 0.1) is 33.9 Å². The molecule has 0 saturated heterocycles. The lowest BCUT2D eigenvalue weighted by Gasteiger charge is -2.30. The first-order valence-corrected chi connectivity index (χ1v) is 14.0. The molecule has 11 heteroatoms. The van der Waals surface area contributed by atoms with Crippen LogP contribution in [0.1, 0.15) is 54.3 Å². The second-order valence-electron chi connectivity index (χ2n) is 9.62. The molecule has 9 nitrogen and oxygen atoms in total. The lowest BCUT2D eigenvalue weighted by Crippen LogP contribution is -2.52. The van der Waals surface area contributed by atoms with Crippen molar-refractivity contribution in [2.75, 3.05) is 19.0 Å². The average Bonchev–Trinajstić information content (AvgIpc) is 3.66. The predicted octanol–water partition coefficient (Wildman–Crippen LogP) is 6.04. The highest BCUT2D eigenvalue weighted by Crippen LogP contribution is 2.42. The maximum atomic E-state index is 13.9. The number of amides is 2. The van der Waals surface area contributed by atoms with Crippen LogP contribution >= 0.6 is 23.2 Å². The van der Waals surface area contributed by atoms with Crippen LogP contribution < -0.4 is 10.6 Å². The number of oxime groups is 1. The van der Waals surface area contributed by atoms with Gasteiger partial charge in [0.25, 0.3) is 5.91 Å². The van der Waals surface area contributed by atoms with E-state index in [1.54, 1.807) is 61.5 Å². The first kappa shape index (κ1) is 30.1. The van der Waals surface area contributed by atoms with Gasteiger partial charge in [-0.3, -0.25) is 9.59 Å². The lowest BCUT2D eigenvalue weighted by atomic mass is 9.78. The second kappa shape index (κ2) is 13.7. The number of carbonyl (C=O) groups excluding carboxylic acids is 3. The van der Waals surface area contributed by atoms with Crippen molar-refractivity contribution < 1.29 is 28.4 Å². The number of nitrogens with one attached hydrogen (secondary N) is 2. The van der Waals surface area contributed by atoms with E-state index >= 15 is 0 Å². The fourth-order valence-corrected chi connectivity index (χ4v) is 5.59. The van der Waals surface area contributed by atoms with Crippen LogP contribution in [0.3, 0.4) is 0 Å². The molecule has 216 valence electrons. The number of rotatable bonds is 11. The summed E-state index contributed by atoms with van der Waals surface area (Å²) < 4.78 is 10.9. The van der Waals surface area contributed by atoms with Crippen molar-refractivity contribution in [2.45, 2.75) is 45.1 Å². The predicted molar refractivity (Wildman–Crippen MR) is 156 cm³/mol. The molecule has 41 heavy (non-hydrogen) atoms. The molecule has 0 aliphatic heterocycles. The number of anilines is 1. The lowest BCUT2D eigenvalue weighted by molar-refractivity contribution is -0.148. The summed E-state index contributed by atoms with van der Waals surface area (Å²) in [6.07, 6.45) is 4.36. The molecule has 3 aromatic rings. The molecule has 0 radical (unpaired) electrons. The normalized spacial score (nSPS) is 15.2. The smallest absolute Gasteiger partial charge is 0.328 e. The first-order chi connectivity index (χ1) is 19.8. The zero-order valence-electron chi connectivity index (χ0n) is 22.7. The van der Waals surface area contributed by atoms with Crippen LogP contribution in [-0.4, -0.2) is 43.3 Å². The van der Waals surface area contributed by atoms with Gasteiger partial charge in [0.1, 0.15) is 18.9 Å². The zero-order valence-corrected chi connectivity index (χ0v) is 24.3. The van der Waals surface area contributed by atoms with Crippen LogP contribution in [0.2, 0.25) is 10.0 Å². The Bertz CT molecular complexity index is 1380. The van der Waals surface area contributed by atoms with E-state index in [1.165, 1.54) is 13.4 Å². The van der Waals surface area contributed by atoms with Crippen molar-refractivity contribution in [3.05, 3.63) is 87.8 Å². The number of esters is 1. The highest BCUT2D eigenvalue weighted by atomic mass is 35.5. The van der Waals surface area contributed by atoms with Crippen LogP contribution in [0.25, 0.3) is 0 Å². The number of carbonyl (C=O) groups is 3. The van der Waals surface area contributed by atoms with Crippen molar-refractivity contribution in [2.24, 2.45) is 10.6 Å². The van der Waals surface area contributed by atoms with E-state index in [0.29, 0.717) is 30.0 Å². The van der Waals surface area contributed by atoms with Crippen LogP contribution in [0.5, 0.6) is 0 Å². The van der Waals surface area contributed by atoms with Crippen molar-refractivity contribution in [3.63, 3.8) is 0 Å². The van der Waals surface area contributed by atoms with E-state index in [2.05, 4.69) is 15.8 Å². The molecule has 0 bridgehead atoms. The molecule has 2 amide bonds. The number of hydrogen-bond donors (Lipinski definition) is 2. The van der Waals surface area contributed by atoms with Crippen molar-refractivity contribution >= 4 is 52.4 Å². The van der Waals surface area contributed by atoms with Gasteiger partial charge in [-0.1, -0.05) is 59.4 Å². The van der Waals surface area contributed by atoms with Gasteiger partial charge < -0.3 is 24.6 Å². The van der Waals surface area contributed by atoms with Crippen LogP contribution in [0.15, 0.2) is 70.4 Å². The Morgan fingerprint density at radius 2 is 1.71 bits per heavy atom. The van der Waals surface area contributed by atoms with E-state index in [1.807, 2.05) is 0 Å². The SMILES string of the molecule is CCOC(=O)[C@H](Cc1ccc(NC(=O)c2c(Cl)cccc2Cl)cc1)NC(=O)C1(C(=NOC)c2ccco2)CCCC1. The van der Waals surface area contributed by atoms with E-state index in [4.69, 9.17) is 37.2 Å². The first-order valence-electron chi connectivity index (χ1n) is 13.3. The number of halogens is 2. The fraction of sp³-hybridized carbons (Fsp3) is 0.333. The summed E-state index contributed by atoms with van der Waals surface area (Å²) in [7, 11) is 1.42. The van der Waals surface area contributed by atoms with Crippen molar-refractivity contribution in [3.8, 4) is 0 Å². The van der Waals surface area contributed by atoms with E-state index in [9.17, 15) is 14.4 Å². The van der Waals surface area contributed by atoms with Crippen LogP contribution in [0, 0.1) is 5.41 Å². The fourth-order valence-electron chi connectivity index (χ4n) is 5.02. The Morgan fingerprint density at radius 1 is 1.02 bits per heavy atom. The van der Waals surface area contributed by atoms with E-state index < -0.39 is 23.3 Å². The Kier molecular flexibility index (Phi) is 10.1. The van der Waals surface area contributed by atoms with Gasteiger partial charge in [-0.25, -0.2) is 4.79 Å². The van der Waals surface area contributed by atoms with Crippen molar-refractivity contribution in [1.82, 2.24) is 5.32 Å². The molecule has 1 aromatic heterocycles. The third-order valence-electron chi connectivity index (χ3n) is 7.00. The molecule has 0 spiro atoms. The van der Waals surface area contributed by atoms with Crippen molar-refractivity contribution in [1.29, 1.82) is 0 Å². The average molecular weight is 600 g/mol. The minimum absolute atomic E-state index is 0.161. The highest BCUT2D eigenvalue weighted by molar-refractivity contribution is 6.40. The van der Waals surface area contributed by atoms with Crippen LogP contribution in [0.4, 0.5) is 5.69 Å². The summed E-state index contributed by atoms with van der Waals surface area (Å²) in [6, 6.07) is 14.2. The summed E-state index contributed by atoms with van der Waals surface area (Å²) in [5.41, 5.74) is 0.801. The van der Waals surface area contributed by atoms with E-state index in [-0.39, 0.29) is 34.5 Å². The summed E-state index contributed by atoms with van der Waals surface area (Å²) in [4.78, 5) is 44.7. The molecule has 2 N–H and O–H groups in total. The van der Waals surface area contributed by atoms with Gasteiger partial charge in [0.2, 0.25) is 5.91 Å². The molecular formula is C30H31Cl2N3O6. The molecule has 1 aliphatic rings. The molecule has 1 aliphatic carbocycles. The second-order valence-corrected chi connectivity index (χ2v) is 10.4. The molecule has 4 rings (SSSR count). The Balaban J connectivity index is 1.52. The Hall–Kier alpha value is -3.82. The molecule has 1 heterocycles. The number of hydrogen-bond acceptors (Lipinski definition) is 7. The van der Waals surface area contributed by atoms with Gasteiger partial charge in [0, 0.05) is 12.1 Å². The Labute approximate surface area is 248 Å². The van der Waals surface area contributed by atoms with Crippen LogP contribution in [-0.2, 0) is 25.6 Å². The molecule has 2 aromatic carbocycles. The van der Waals surface area contributed by atoms with Gasteiger partial charge in [-0.2, -0.15) is 0 Å². The van der Waals surface area contributed by atoms with Gasteiger partial charge in [-0.15, -0.1) is 0 Å². The van der Waals surface area contributed by atoms with Gasteiger partial charge in [0.15, 0.2) is 5.76 Å². The summed E-state index contributed by atoms with van der Waals surface area (Å²) in [5.74, 6) is -0.909. The standard InChI is InChI=1S/C30H31Cl2N3O6/c1-3-40-28(37)23(34-29(38)30(15-4-5-16-30)26(35-39-2)24-10-7-17-41-24)18-19-11-13-20(14-12-19)33-27(36)25-21(31)8-6-9-22(25)32/h6-14,17,23H,3-5,15-16,18H2,1-2H3,(H,33,36)(H,34,38)/t23-/m0/s1. The summed E-state index contributed by atoms with van der Waals surface area (Å²) in [6.45, 7) is 1.87. The zero-order chi connectivity index (χ0) is 29.4. The largest absolute Gasteiger partial charge is 0.464 e. The number of benzene rings is 2.